The van der Waals surface area contributed by atoms with E-state index in [9.17, 15) is 17.6 Å². The van der Waals surface area contributed by atoms with E-state index in [-0.39, 0.29) is 28.1 Å². The molecule has 1 saturated heterocycles. The van der Waals surface area contributed by atoms with Gasteiger partial charge >= 0.3 is 0 Å². The number of halogens is 1. The van der Waals surface area contributed by atoms with Crippen LogP contribution < -0.4 is 21.1 Å². The highest BCUT2D eigenvalue weighted by molar-refractivity contribution is 7.92. The number of hydrogen-bond donors (Lipinski definition) is 2. The van der Waals surface area contributed by atoms with Crippen LogP contribution in [0, 0.1) is 5.82 Å². The van der Waals surface area contributed by atoms with Gasteiger partial charge in [-0.05, 0) is 35.7 Å². The van der Waals surface area contributed by atoms with Crippen molar-refractivity contribution in [2.45, 2.75) is 10.8 Å². The molecule has 1 aliphatic heterocycles. The number of aromatic nitrogens is 3. The Bertz CT molecular complexity index is 1560. The van der Waals surface area contributed by atoms with Crippen LogP contribution in [-0.2, 0) is 16.4 Å². The van der Waals surface area contributed by atoms with Gasteiger partial charge in [0.25, 0.3) is 5.56 Å². The summed E-state index contributed by atoms with van der Waals surface area (Å²) in [5.74, 6) is -0.153. The van der Waals surface area contributed by atoms with Crippen molar-refractivity contribution in [3.63, 3.8) is 0 Å². The maximum atomic E-state index is 14.8. The van der Waals surface area contributed by atoms with Gasteiger partial charge in [0.1, 0.15) is 15.7 Å². The molecule has 5 rings (SSSR count). The van der Waals surface area contributed by atoms with E-state index in [0.29, 0.717) is 28.0 Å². The monoisotopic (exact) mass is 514 g/mol. The summed E-state index contributed by atoms with van der Waals surface area (Å²) < 4.78 is 40.7. The quantitative estimate of drug-likeness (QED) is 0.404. The number of hydrogen-bond acceptors (Lipinski definition) is 9. The van der Waals surface area contributed by atoms with Crippen molar-refractivity contribution >= 4 is 49.5 Å². The smallest absolute Gasteiger partial charge is 0.252 e. The molecule has 0 saturated carbocycles. The fourth-order valence-corrected chi connectivity index (χ4v) is 6.21. The lowest BCUT2D eigenvalue weighted by atomic mass is 10.2. The first-order valence-electron chi connectivity index (χ1n) is 10.9. The fourth-order valence-electron chi connectivity index (χ4n) is 4.10. The number of nitrogens with one attached hydrogen (secondary N) is 2. The molecule has 12 heteroatoms. The molecule has 0 radical (unpaired) electrons. The minimum atomic E-state index is -3.43. The molecule has 1 aromatic carbocycles. The molecule has 0 bridgehead atoms. The number of nitrogens with zero attached hydrogens (tertiary/aromatic N) is 4. The second kappa shape index (κ2) is 9.36. The highest BCUT2D eigenvalue weighted by Gasteiger charge is 2.18. The Kier molecular flexibility index (Phi) is 6.26. The summed E-state index contributed by atoms with van der Waals surface area (Å²) >= 11 is 1.11. The molecule has 3 aromatic heterocycles. The number of pyridine rings is 1. The van der Waals surface area contributed by atoms with E-state index in [4.69, 9.17) is 0 Å². The van der Waals surface area contributed by atoms with Crippen molar-refractivity contribution in [3.8, 4) is 0 Å². The zero-order chi connectivity index (χ0) is 24.6. The van der Waals surface area contributed by atoms with Crippen molar-refractivity contribution < 1.29 is 12.8 Å². The Morgan fingerprint density at radius 1 is 1.17 bits per heavy atom. The van der Waals surface area contributed by atoms with E-state index >= 15 is 0 Å². The molecule has 0 unspecified atom stereocenters. The highest BCUT2D eigenvalue weighted by atomic mass is 32.2. The molecule has 182 valence electrons. The van der Waals surface area contributed by atoms with Crippen LogP contribution in [0.15, 0.2) is 57.0 Å². The van der Waals surface area contributed by atoms with Crippen LogP contribution >= 0.6 is 11.3 Å². The zero-order valence-electron chi connectivity index (χ0n) is 18.9. The number of anilines is 3. The van der Waals surface area contributed by atoms with Crippen LogP contribution in [-0.4, -0.2) is 55.4 Å². The van der Waals surface area contributed by atoms with Gasteiger partial charge in [0, 0.05) is 61.3 Å². The molecular weight excluding hydrogens is 491 g/mol. The number of fused-ring (bicyclic) bond motifs is 1. The topological polar surface area (TPSA) is 109 Å². The average Bonchev–Trinajstić information content (AvgIpc) is 3.31. The van der Waals surface area contributed by atoms with Crippen LogP contribution in [0.5, 0.6) is 0 Å². The van der Waals surface area contributed by atoms with E-state index in [1.165, 1.54) is 16.7 Å². The van der Waals surface area contributed by atoms with Crippen LogP contribution in [0.1, 0.15) is 5.56 Å². The molecule has 0 amide bonds. The van der Waals surface area contributed by atoms with E-state index in [1.54, 1.807) is 35.8 Å². The minimum absolute atomic E-state index is 0.0482. The lowest BCUT2D eigenvalue weighted by Crippen LogP contribution is -2.43. The number of benzene rings is 1. The van der Waals surface area contributed by atoms with Crippen molar-refractivity contribution in [3.05, 3.63) is 69.7 Å². The molecule has 9 nitrogen and oxygen atoms in total. The average molecular weight is 515 g/mol. The molecule has 0 spiro atoms. The Morgan fingerprint density at radius 3 is 2.71 bits per heavy atom. The van der Waals surface area contributed by atoms with Gasteiger partial charge in [-0.2, -0.15) is 4.98 Å². The molecule has 4 aromatic rings. The van der Waals surface area contributed by atoms with Crippen molar-refractivity contribution in [2.75, 3.05) is 42.7 Å². The maximum Gasteiger partial charge on any atom is 0.252 e. The Labute approximate surface area is 205 Å². The van der Waals surface area contributed by atoms with Gasteiger partial charge in [-0.25, -0.2) is 17.8 Å². The van der Waals surface area contributed by atoms with Crippen LogP contribution in [0.2, 0.25) is 0 Å². The van der Waals surface area contributed by atoms with Gasteiger partial charge in [-0.3, -0.25) is 9.36 Å². The zero-order valence-corrected chi connectivity index (χ0v) is 20.5. The van der Waals surface area contributed by atoms with Crippen LogP contribution in [0.3, 0.4) is 0 Å². The summed E-state index contributed by atoms with van der Waals surface area (Å²) in [5, 5.41) is 8.55. The molecule has 4 heterocycles. The van der Waals surface area contributed by atoms with Gasteiger partial charge in [0.15, 0.2) is 9.84 Å². The van der Waals surface area contributed by atoms with Gasteiger partial charge in [-0.15, -0.1) is 11.3 Å². The predicted octanol–water partition coefficient (Wildman–Crippen LogP) is 2.60. The highest BCUT2D eigenvalue weighted by Crippen LogP contribution is 2.26. The summed E-state index contributed by atoms with van der Waals surface area (Å²) in [4.78, 5) is 23.5. The van der Waals surface area contributed by atoms with Gasteiger partial charge in [0.2, 0.25) is 5.95 Å². The molecule has 0 atom stereocenters. The normalized spacial score (nSPS) is 14.4. The summed E-state index contributed by atoms with van der Waals surface area (Å²) in [6.07, 6.45) is 2.71. The minimum Gasteiger partial charge on any atom is -0.367 e. The first-order chi connectivity index (χ1) is 16.8. The second-order valence-corrected chi connectivity index (χ2v) is 11.4. The Balaban J connectivity index is 1.46. The third-order valence-electron chi connectivity index (χ3n) is 5.76. The lowest BCUT2D eigenvalue weighted by Gasteiger charge is -2.29. The summed E-state index contributed by atoms with van der Waals surface area (Å²) in [6, 6.07) is 9.59. The number of piperazine rings is 1. The second-order valence-electron chi connectivity index (χ2n) is 8.26. The van der Waals surface area contributed by atoms with Crippen LogP contribution in [0.25, 0.3) is 11.0 Å². The fraction of sp³-hybridized carbons (Fsp3) is 0.261. The number of sulfone groups is 1. The number of rotatable bonds is 6. The predicted molar refractivity (Wildman–Crippen MR) is 135 cm³/mol. The van der Waals surface area contributed by atoms with E-state index in [1.807, 2.05) is 4.90 Å². The van der Waals surface area contributed by atoms with Crippen LogP contribution in [0.4, 0.5) is 21.7 Å². The maximum absolute atomic E-state index is 14.8. The summed E-state index contributed by atoms with van der Waals surface area (Å²) in [5.41, 5.74) is 1.56. The summed E-state index contributed by atoms with van der Waals surface area (Å²) in [6.45, 7) is 3.14. The summed E-state index contributed by atoms with van der Waals surface area (Å²) in [7, 11) is -3.43. The van der Waals surface area contributed by atoms with Gasteiger partial charge in [-0.1, -0.05) is 0 Å². The number of thiophene rings is 1. The lowest BCUT2D eigenvalue weighted by molar-refractivity contribution is 0.566. The molecule has 1 aliphatic rings. The SMILES string of the molecule is CS(=O)(=O)c1sccc1Cn1c(=O)ccc2cnc(Nc3ccc(N4CCNCC4)c(F)c3)nc21. The van der Waals surface area contributed by atoms with Gasteiger partial charge < -0.3 is 15.5 Å². The third kappa shape index (κ3) is 4.90. The standard InChI is InChI=1S/C23H23FN6O3S2/c1-35(32,33)22-16(6-11-34-22)14-30-20(31)5-2-15-13-26-23(28-21(15)30)27-17-3-4-19(18(24)12-17)29-9-7-25-8-10-29/h2-6,11-13,25H,7-10,14H2,1H3,(H,26,27,28). The van der Waals surface area contributed by atoms with Crippen molar-refractivity contribution in [2.24, 2.45) is 0 Å². The Morgan fingerprint density at radius 2 is 1.97 bits per heavy atom. The largest absolute Gasteiger partial charge is 0.367 e. The Hall–Kier alpha value is -3.35. The molecule has 1 fully saturated rings. The van der Waals surface area contributed by atoms with E-state index in [2.05, 4.69) is 20.6 Å². The molecule has 0 aliphatic carbocycles. The molecule has 2 N–H and O–H groups in total. The van der Waals surface area contributed by atoms with E-state index in [0.717, 1.165) is 43.8 Å². The van der Waals surface area contributed by atoms with E-state index < -0.39 is 9.84 Å². The molecular formula is C23H23FN6O3S2. The third-order valence-corrected chi connectivity index (χ3v) is 8.64. The van der Waals surface area contributed by atoms with Gasteiger partial charge in [0.05, 0.1) is 12.2 Å². The first-order valence-corrected chi connectivity index (χ1v) is 13.7. The first kappa shape index (κ1) is 23.4. The van der Waals surface area contributed by atoms with Crippen molar-refractivity contribution in [1.29, 1.82) is 0 Å². The van der Waals surface area contributed by atoms with Crippen molar-refractivity contribution in [1.82, 2.24) is 19.9 Å². The molecule has 35 heavy (non-hydrogen) atoms.